The van der Waals surface area contributed by atoms with Gasteiger partial charge in [0.2, 0.25) is 11.8 Å². The third-order valence-corrected chi connectivity index (χ3v) is 5.08. The first-order chi connectivity index (χ1) is 12.1. The van der Waals surface area contributed by atoms with Crippen LogP contribution in [0.15, 0.2) is 18.2 Å². The molecule has 0 bridgehead atoms. The fourth-order valence-corrected chi connectivity index (χ4v) is 3.73. The van der Waals surface area contributed by atoms with Gasteiger partial charge in [0.25, 0.3) is 5.91 Å². The van der Waals surface area contributed by atoms with Crippen LogP contribution in [0.1, 0.15) is 41.6 Å². The molecular weight excluding hydrogens is 322 g/mol. The highest BCUT2D eigenvalue weighted by molar-refractivity contribution is 6.05. The number of nitrogens with zero attached hydrogens (tertiary/aromatic N) is 1. The molecule has 3 heterocycles. The van der Waals surface area contributed by atoms with Gasteiger partial charge in [0.1, 0.15) is 17.9 Å². The van der Waals surface area contributed by atoms with E-state index in [9.17, 15) is 14.4 Å². The Labute approximate surface area is 145 Å². The van der Waals surface area contributed by atoms with Gasteiger partial charge in [-0.15, -0.1) is 0 Å². The highest BCUT2D eigenvalue weighted by Crippen LogP contribution is 2.30. The summed E-state index contributed by atoms with van der Waals surface area (Å²) in [5.41, 5.74) is 1.49. The SMILES string of the molecule is O=C1CC[C@H](N2Cc3cc(OC4CCNCC4)ccc3C2=O)C(=O)N1. The number of amides is 3. The van der Waals surface area contributed by atoms with E-state index in [2.05, 4.69) is 10.6 Å². The number of hydrogen-bond acceptors (Lipinski definition) is 5. The molecule has 1 aromatic rings. The maximum absolute atomic E-state index is 12.6. The van der Waals surface area contributed by atoms with Crippen LogP contribution in [0.4, 0.5) is 0 Å². The second-order valence-electron chi connectivity index (χ2n) is 6.79. The molecule has 3 aliphatic rings. The topological polar surface area (TPSA) is 87.7 Å². The molecule has 1 atom stereocenters. The molecule has 7 nitrogen and oxygen atoms in total. The van der Waals surface area contributed by atoms with Crippen molar-refractivity contribution in [3.8, 4) is 5.75 Å². The highest BCUT2D eigenvalue weighted by Gasteiger charge is 2.39. The number of fused-ring (bicyclic) bond motifs is 1. The molecule has 0 aromatic heterocycles. The minimum atomic E-state index is -0.577. The number of rotatable bonds is 3. The zero-order chi connectivity index (χ0) is 17.4. The van der Waals surface area contributed by atoms with Gasteiger partial charge in [0, 0.05) is 18.5 Å². The largest absolute Gasteiger partial charge is 0.490 e. The van der Waals surface area contributed by atoms with Crippen molar-refractivity contribution in [2.24, 2.45) is 0 Å². The fraction of sp³-hybridized carbons (Fsp3) is 0.500. The Balaban J connectivity index is 1.49. The molecule has 0 aliphatic carbocycles. The van der Waals surface area contributed by atoms with Crippen molar-refractivity contribution in [1.29, 1.82) is 0 Å². The number of benzene rings is 1. The van der Waals surface area contributed by atoms with Crippen molar-refractivity contribution in [1.82, 2.24) is 15.5 Å². The van der Waals surface area contributed by atoms with E-state index in [-0.39, 0.29) is 30.2 Å². The summed E-state index contributed by atoms with van der Waals surface area (Å²) >= 11 is 0. The van der Waals surface area contributed by atoms with Crippen LogP contribution in [0, 0.1) is 0 Å². The molecule has 7 heteroatoms. The Kier molecular flexibility index (Phi) is 4.17. The molecule has 0 spiro atoms. The minimum absolute atomic E-state index is 0.155. The smallest absolute Gasteiger partial charge is 0.255 e. The molecule has 3 amide bonds. The monoisotopic (exact) mass is 343 g/mol. The lowest BCUT2D eigenvalue weighted by molar-refractivity contribution is -0.136. The van der Waals surface area contributed by atoms with E-state index < -0.39 is 6.04 Å². The number of hydrogen-bond donors (Lipinski definition) is 2. The average molecular weight is 343 g/mol. The third kappa shape index (κ3) is 3.11. The van der Waals surface area contributed by atoms with Crippen LogP contribution < -0.4 is 15.4 Å². The van der Waals surface area contributed by atoms with Gasteiger partial charge in [0.15, 0.2) is 0 Å². The number of carbonyl (C=O) groups is 3. The Morgan fingerprint density at radius 1 is 1.08 bits per heavy atom. The van der Waals surface area contributed by atoms with Crippen molar-refractivity contribution >= 4 is 17.7 Å². The zero-order valence-corrected chi connectivity index (χ0v) is 13.9. The maximum atomic E-state index is 12.6. The van der Waals surface area contributed by atoms with E-state index in [1.165, 1.54) is 0 Å². The first kappa shape index (κ1) is 16.1. The molecule has 0 saturated carbocycles. The second-order valence-corrected chi connectivity index (χ2v) is 6.79. The molecule has 1 aromatic carbocycles. The van der Waals surface area contributed by atoms with Crippen molar-refractivity contribution in [2.45, 2.75) is 44.4 Å². The van der Waals surface area contributed by atoms with E-state index in [4.69, 9.17) is 4.74 Å². The molecule has 25 heavy (non-hydrogen) atoms. The summed E-state index contributed by atoms with van der Waals surface area (Å²) in [6, 6.07) is 4.93. The van der Waals surface area contributed by atoms with Crippen LogP contribution >= 0.6 is 0 Å². The van der Waals surface area contributed by atoms with Gasteiger partial charge in [-0.25, -0.2) is 0 Å². The average Bonchev–Trinajstić information content (AvgIpc) is 2.92. The lowest BCUT2D eigenvalue weighted by Gasteiger charge is -2.29. The molecular formula is C18H21N3O4. The van der Waals surface area contributed by atoms with Crippen molar-refractivity contribution < 1.29 is 19.1 Å². The van der Waals surface area contributed by atoms with Gasteiger partial charge in [-0.2, -0.15) is 0 Å². The van der Waals surface area contributed by atoms with E-state index in [1.807, 2.05) is 12.1 Å². The second kappa shape index (κ2) is 6.48. The van der Waals surface area contributed by atoms with E-state index in [1.54, 1.807) is 11.0 Å². The lowest BCUT2D eigenvalue weighted by atomic mass is 10.0. The third-order valence-electron chi connectivity index (χ3n) is 5.08. The Hall–Kier alpha value is -2.41. The predicted molar refractivity (Wildman–Crippen MR) is 89.0 cm³/mol. The number of piperidine rings is 2. The lowest BCUT2D eigenvalue weighted by Crippen LogP contribution is -2.52. The summed E-state index contributed by atoms with van der Waals surface area (Å²) < 4.78 is 6.04. The van der Waals surface area contributed by atoms with Gasteiger partial charge >= 0.3 is 0 Å². The number of imide groups is 1. The summed E-state index contributed by atoms with van der Waals surface area (Å²) in [6.45, 7) is 2.29. The predicted octanol–water partition coefficient (Wildman–Crippen LogP) is 0.578. The molecule has 132 valence electrons. The van der Waals surface area contributed by atoms with Crippen LogP contribution in [-0.2, 0) is 16.1 Å². The summed E-state index contributed by atoms with van der Waals surface area (Å²) in [5, 5.41) is 5.62. The Bertz CT molecular complexity index is 727. The maximum Gasteiger partial charge on any atom is 0.255 e. The van der Waals surface area contributed by atoms with Gasteiger partial charge in [-0.05, 0) is 56.1 Å². The summed E-state index contributed by atoms with van der Waals surface area (Å²) in [5.74, 6) is -0.0480. The normalized spacial score (nSPS) is 24.2. The Morgan fingerprint density at radius 3 is 2.64 bits per heavy atom. The molecule has 4 rings (SSSR count). The van der Waals surface area contributed by atoms with E-state index >= 15 is 0 Å². The minimum Gasteiger partial charge on any atom is -0.490 e. The molecule has 0 unspecified atom stereocenters. The summed E-state index contributed by atoms with van der Waals surface area (Å²) in [7, 11) is 0. The number of carbonyl (C=O) groups excluding carboxylic acids is 3. The van der Waals surface area contributed by atoms with Crippen LogP contribution in [-0.4, -0.2) is 47.9 Å². The van der Waals surface area contributed by atoms with Gasteiger partial charge in [-0.3, -0.25) is 19.7 Å². The van der Waals surface area contributed by atoms with Gasteiger partial charge in [0.05, 0.1) is 0 Å². The zero-order valence-electron chi connectivity index (χ0n) is 13.9. The fourth-order valence-electron chi connectivity index (χ4n) is 3.73. The summed E-state index contributed by atoms with van der Waals surface area (Å²) in [6.07, 6.45) is 2.78. The standard InChI is InChI=1S/C18H21N3O4/c22-16-4-3-15(17(23)20-16)21-10-11-9-13(1-2-14(11)18(21)24)25-12-5-7-19-8-6-12/h1-2,9,12,15,19H,3-8,10H2,(H,20,22,23)/t15-/m0/s1. The molecule has 0 radical (unpaired) electrons. The van der Waals surface area contributed by atoms with Gasteiger partial charge < -0.3 is 15.0 Å². The van der Waals surface area contributed by atoms with Crippen LogP contribution in [0.2, 0.25) is 0 Å². The molecule has 2 fully saturated rings. The molecule has 3 aliphatic heterocycles. The van der Waals surface area contributed by atoms with E-state index in [0.29, 0.717) is 18.5 Å². The quantitative estimate of drug-likeness (QED) is 0.784. The first-order valence-corrected chi connectivity index (χ1v) is 8.77. The highest BCUT2D eigenvalue weighted by atomic mass is 16.5. The van der Waals surface area contributed by atoms with Crippen LogP contribution in [0.3, 0.4) is 0 Å². The van der Waals surface area contributed by atoms with E-state index in [0.717, 1.165) is 37.2 Å². The molecule has 2 saturated heterocycles. The first-order valence-electron chi connectivity index (χ1n) is 8.77. The van der Waals surface area contributed by atoms with Crippen LogP contribution in [0.25, 0.3) is 0 Å². The van der Waals surface area contributed by atoms with Crippen molar-refractivity contribution in [2.75, 3.05) is 13.1 Å². The Morgan fingerprint density at radius 2 is 1.88 bits per heavy atom. The van der Waals surface area contributed by atoms with Gasteiger partial charge in [-0.1, -0.05) is 0 Å². The molecule has 2 N–H and O–H groups in total. The van der Waals surface area contributed by atoms with Crippen molar-refractivity contribution in [3.05, 3.63) is 29.3 Å². The van der Waals surface area contributed by atoms with Crippen molar-refractivity contribution in [3.63, 3.8) is 0 Å². The number of ether oxygens (including phenoxy) is 1. The number of nitrogens with one attached hydrogen (secondary N) is 2. The van der Waals surface area contributed by atoms with Crippen LogP contribution in [0.5, 0.6) is 5.75 Å². The summed E-state index contributed by atoms with van der Waals surface area (Å²) in [4.78, 5) is 37.6.